The molecule has 0 aliphatic carbocycles. The third-order valence-electron chi connectivity index (χ3n) is 1.16. The number of hydrogen-bond donors (Lipinski definition) is 0. The van der Waals surface area contributed by atoms with Crippen molar-refractivity contribution in [3.05, 3.63) is 31.4 Å². The van der Waals surface area contributed by atoms with Crippen LogP contribution in [0, 0.1) is 0 Å². The Balaban J connectivity index is -0.0000000830. The molecule has 0 aromatic carbocycles. The maximum absolute atomic E-state index is 9.75. The monoisotopic (exact) mass is 645 g/mol. The van der Waals surface area contributed by atoms with Gasteiger partial charge < -0.3 is 104 Å². The van der Waals surface area contributed by atoms with Crippen molar-refractivity contribution in [2.24, 2.45) is 7.05 Å². The van der Waals surface area contributed by atoms with Crippen LogP contribution in [0.15, 0.2) is 31.4 Å². The van der Waals surface area contributed by atoms with Crippen LogP contribution in [0.3, 0.4) is 0 Å². The molecule has 0 fully saturated rings. The van der Waals surface area contributed by atoms with Crippen LogP contribution in [0.25, 0.3) is 0 Å². The van der Waals surface area contributed by atoms with Crippen molar-refractivity contribution in [2.45, 2.75) is 6.54 Å². The lowest BCUT2D eigenvalue weighted by Crippen LogP contribution is -2.23. The Kier molecular flexibility index (Phi) is 27.3. The van der Waals surface area contributed by atoms with Crippen LogP contribution in [0.2, 0.25) is 0 Å². The molecule has 1 heterocycles. The third-order valence-corrected chi connectivity index (χ3v) is 1.16. The first-order valence-corrected chi connectivity index (χ1v) is 8.18. The van der Waals surface area contributed by atoms with Gasteiger partial charge in [0.05, 0.1) is 7.05 Å². The second-order valence-corrected chi connectivity index (χ2v) is 5.03. The van der Waals surface area contributed by atoms with Crippen molar-refractivity contribution in [3.8, 4) is 0 Å². The molecule has 1 rings (SSSR count). The van der Waals surface area contributed by atoms with Gasteiger partial charge in [0.15, 0.2) is 0 Å². The largest absolute Gasteiger partial charge is 0.673 e. The SMILES string of the molecule is C=CCn1cc[n+](C)c1.F[B-](F)(F)F.F[B-](F)(F)F.F[B-](F)(F)F.F[B-](F)(F)F.F[B-](F)(F)F.F[B-](F)(F)F. The molecule has 0 saturated heterocycles. The average Bonchev–Trinajstić information content (AvgIpc) is 2.82. The van der Waals surface area contributed by atoms with Crippen molar-refractivity contribution in [3.63, 3.8) is 0 Å². The predicted octanol–water partition coefficient (Wildman–Crippen LogP) is 8.30. The van der Waals surface area contributed by atoms with Gasteiger partial charge in [0.25, 0.3) is 0 Å². The number of halogens is 24. The van der Waals surface area contributed by atoms with Gasteiger partial charge in [-0.3, -0.25) is 0 Å². The Hall–Kier alpha value is -2.34. The molecule has 2 nitrogen and oxygen atoms in total. The molecular formula is C7H11B6F24N2-5. The van der Waals surface area contributed by atoms with E-state index >= 15 is 0 Å². The molecule has 0 aliphatic rings. The Morgan fingerprint density at radius 3 is 0.795 bits per heavy atom. The van der Waals surface area contributed by atoms with Crippen LogP contribution < -0.4 is 4.57 Å². The molecule has 0 saturated carbocycles. The molecule has 0 amide bonds. The van der Waals surface area contributed by atoms with Crippen molar-refractivity contribution in [1.29, 1.82) is 0 Å². The van der Waals surface area contributed by atoms with Gasteiger partial charge in [-0.15, -0.1) is 0 Å². The lowest BCUT2D eigenvalue weighted by molar-refractivity contribution is -0.671. The summed E-state index contributed by atoms with van der Waals surface area (Å²) in [6, 6.07) is 0. The summed E-state index contributed by atoms with van der Waals surface area (Å²) in [5, 5.41) is 0. The fraction of sp³-hybridized carbons (Fsp3) is 0.286. The van der Waals surface area contributed by atoms with E-state index in [2.05, 4.69) is 11.1 Å². The normalized spacial score (nSPS) is 11.4. The minimum Gasteiger partial charge on any atom is -0.418 e. The highest BCUT2D eigenvalue weighted by Crippen LogP contribution is 2.09. The fourth-order valence-electron chi connectivity index (χ4n) is 0.759. The maximum atomic E-state index is 9.75. The molecule has 1 aromatic rings. The zero-order valence-corrected chi connectivity index (χ0v) is 18.2. The van der Waals surface area contributed by atoms with E-state index in [-0.39, 0.29) is 0 Å². The van der Waals surface area contributed by atoms with Crippen LogP contribution >= 0.6 is 0 Å². The number of aryl methyl sites for hydroxylation is 1. The summed E-state index contributed by atoms with van der Waals surface area (Å²) < 4.78 is 238. The van der Waals surface area contributed by atoms with Crippen molar-refractivity contribution in [2.75, 3.05) is 0 Å². The quantitative estimate of drug-likeness (QED) is 0.133. The van der Waals surface area contributed by atoms with E-state index in [0.29, 0.717) is 0 Å². The Labute approximate surface area is 202 Å². The minimum atomic E-state index is -6.00. The molecule has 1 aromatic heterocycles. The maximum Gasteiger partial charge on any atom is 0.673 e. The lowest BCUT2D eigenvalue weighted by atomic mass is 10.3. The standard InChI is InChI=1S/C7H11N2.6BF4/c1-3-4-9-6-5-8(2)7-9;6*2-1(3,4)5/h3,5-7H,1,4H2,2H3;;;;;;/q+1;6*-1. The summed E-state index contributed by atoms with van der Waals surface area (Å²) in [7, 11) is -34.0. The van der Waals surface area contributed by atoms with Gasteiger partial charge in [0.1, 0.15) is 18.9 Å². The van der Waals surface area contributed by atoms with Crippen LogP contribution in [0.4, 0.5) is 104 Å². The van der Waals surface area contributed by atoms with E-state index in [1.165, 1.54) is 0 Å². The second kappa shape index (κ2) is 21.5. The summed E-state index contributed by atoms with van der Waals surface area (Å²) in [6.45, 7) is 4.52. The van der Waals surface area contributed by atoms with Crippen molar-refractivity contribution >= 4 is 43.5 Å². The Bertz CT molecular complexity index is 553. The van der Waals surface area contributed by atoms with E-state index in [0.717, 1.165) is 6.54 Å². The number of hydrogen-bond acceptors (Lipinski definition) is 0. The molecule has 0 N–H and O–H groups in total. The number of rotatable bonds is 2. The van der Waals surface area contributed by atoms with Gasteiger partial charge in [-0.05, 0) is 0 Å². The molecule has 0 atom stereocenters. The highest BCUT2D eigenvalue weighted by molar-refractivity contribution is 6.51. The van der Waals surface area contributed by atoms with Gasteiger partial charge in [0.2, 0.25) is 6.33 Å². The summed E-state index contributed by atoms with van der Waals surface area (Å²) in [6.07, 6.45) is 7.91. The second-order valence-electron chi connectivity index (χ2n) is 5.03. The number of nitrogens with zero attached hydrogens (tertiary/aromatic N) is 2. The predicted molar refractivity (Wildman–Crippen MR) is 96.9 cm³/mol. The van der Waals surface area contributed by atoms with E-state index in [4.69, 9.17) is 0 Å². The highest BCUT2D eigenvalue weighted by Gasteiger charge is 2.22. The summed E-state index contributed by atoms with van der Waals surface area (Å²) >= 11 is 0. The first-order valence-electron chi connectivity index (χ1n) is 8.18. The van der Waals surface area contributed by atoms with Gasteiger partial charge in [-0.2, -0.15) is 0 Å². The Morgan fingerprint density at radius 2 is 0.692 bits per heavy atom. The number of imidazole rings is 1. The Morgan fingerprint density at radius 1 is 0.513 bits per heavy atom. The topological polar surface area (TPSA) is 8.81 Å². The molecule has 39 heavy (non-hydrogen) atoms. The molecular weight excluding hydrogens is 633 g/mol. The fourth-order valence-corrected chi connectivity index (χ4v) is 0.759. The van der Waals surface area contributed by atoms with Crippen LogP contribution in [0.5, 0.6) is 0 Å². The van der Waals surface area contributed by atoms with Crippen molar-refractivity contribution in [1.82, 2.24) is 4.57 Å². The molecule has 0 bridgehead atoms. The van der Waals surface area contributed by atoms with E-state index in [1.54, 1.807) is 0 Å². The van der Waals surface area contributed by atoms with Gasteiger partial charge in [0, 0.05) is 0 Å². The van der Waals surface area contributed by atoms with E-state index in [1.807, 2.05) is 36.4 Å². The van der Waals surface area contributed by atoms with Gasteiger partial charge >= 0.3 is 43.5 Å². The van der Waals surface area contributed by atoms with E-state index in [9.17, 15) is 104 Å². The van der Waals surface area contributed by atoms with Gasteiger partial charge in [-0.25, -0.2) is 9.13 Å². The molecule has 0 radical (unpaired) electrons. The molecule has 0 aliphatic heterocycles. The minimum absolute atomic E-state index is 0.890. The third kappa shape index (κ3) is 433. The summed E-state index contributed by atoms with van der Waals surface area (Å²) in [5.41, 5.74) is 0. The molecule has 32 heteroatoms. The zero-order chi connectivity index (χ0) is 33.7. The molecule has 0 unspecified atom stereocenters. The number of allylic oxidation sites excluding steroid dienone is 1. The average molecular weight is 644 g/mol. The zero-order valence-electron chi connectivity index (χ0n) is 18.2. The summed E-state index contributed by atoms with van der Waals surface area (Å²) in [5.74, 6) is 0. The lowest BCUT2D eigenvalue weighted by Gasteiger charge is -1.94. The number of aromatic nitrogens is 2. The van der Waals surface area contributed by atoms with E-state index < -0.39 is 43.5 Å². The smallest absolute Gasteiger partial charge is 0.418 e. The van der Waals surface area contributed by atoms with Gasteiger partial charge in [-0.1, -0.05) is 12.7 Å². The first-order chi connectivity index (χ1) is 16.3. The van der Waals surface area contributed by atoms with Crippen LogP contribution in [0.1, 0.15) is 0 Å². The van der Waals surface area contributed by atoms with Crippen molar-refractivity contribution < 1.29 is 108 Å². The highest BCUT2D eigenvalue weighted by atomic mass is 19.5. The van der Waals surface area contributed by atoms with Crippen LogP contribution in [-0.2, 0) is 13.6 Å². The first kappa shape index (κ1) is 49.6. The van der Waals surface area contributed by atoms with Crippen LogP contribution in [-0.4, -0.2) is 48.1 Å². The summed E-state index contributed by atoms with van der Waals surface area (Å²) in [4.78, 5) is 0. The molecule has 0 spiro atoms. The molecule has 240 valence electrons.